The molecule has 0 radical (unpaired) electrons. The highest BCUT2D eigenvalue weighted by molar-refractivity contribution is 6.33. The van der Waals surface area contributed by atoms with Gasteiger partial charge in [0.1, 0.15) is 6.10 Å². The molecular formula is C13H14Cl2N2O. The van der Waals surface area contributed by atoms with Crippen molar-refractivity contribution in [1.82, 2.24) is 9.78 Å². The summed E-state index contributed by atoms with van der Waals surface area (Å²) in [5.41, 5.74) is 2.23. The first-order chi connectivity index (χ1) is 8.52. The summed E-state index contributed by atoms with van der Waals surface area (Å²) in [7, 11) is 1.80. The van der Waals surface area contributed by atoms with Crippen LogP contribution in [0.25, 0.3) is 0 Å². The molecule has 2 aromatic rings. The third-order valence-electron chi connectivity index (χ3n) is 2.86. The predicted octanol–water partition coefficient (Wildman–Crippen LogP) is 3.37. The molecule has 18 heavy (non-hydrogen) atoms. The number of aryl methyl sites for hydroxylation is 2. The van der Waals surface area contributed by atoms with Crippen LogP contribution in [-0.2, 0) is 13.5 Å². The summed E-state index contributed by atoms with van der Waals surface area (Å²) in [6.45, 7) is 2.02. The highest BCUT2D eigenvalue weighted by Crippen LogP contribution is 2.30. The average Bonchev–Trinajstić information content (AvgIpc) is 2.73. The average molecular weight is 285 g/mol. The van der Waals surface area contributed by atoms with E-state index in [-0.39, 0.29) is 0 Å². The summed E-state index contributed by atoms with van der Waals surface area (Å²) >= 11 is 12.0. The van der Waals surface area contributed by atoms with Crippen molar-refractivity contribution in [3.05, 3.63) is 51.3 Å². The molecule has 0 saturated heterocycles. The minimum atomic E-state index is -0.825. The van der Waals surface area contributed by atoms with E-state index in [2.05, 4.69) is 5.10 Å². The molecule has 3 nitrogen and oxygen atoms in total. The van der Waals surface area contributed by atoms with Gasteiger partial charge in [0.2, 0.25) is 0 Å². The number of hydrogen-bond donors (Lipinski definition) is 1. The van der Waals surface area contributed by atoms with Crippen LogP contribution in [0.1, 0.15) is 30.0 Å². The Morgan fingerprint density at radius 1 is 1.33 bits per heavy atom. The van der Waals surface area contributed by atoms with E-state index in [1.807, 2.05) is 13.0 Å². The minimum Gasteiger partial charge on any atom is -0.382 e. The molecule has 2 rings (SSSR count). The lowest BCUT2D eigenvalue weighted by atomic mass is 10.1. The van der Waals surface area contributed by atoms with Crippen LogP contribution in [-0.4, -0.2) is 14.9 Å². The number of nitrogens with zero attached hydrogens (tertiary/aromatic N) is 2. The second-order valence-corrected chi connectivity index (χ2v) is 4.95. The van der Waals surface area contributed by atoms with E-state index in [0.29, 0.717) is 21.3 Å². The van der Waals surface area contributed by atoms with Crippen LogP contribution in [0.4, 0.5) is 0 Å². The SMILES string of the molecule is CCc1cc(C(O)c2cc(Cl)ccc2Cl)n(C)n1. The van der Waals surface area contributed by atoms with Gasteiger partial charge in [0, 0.05) is 22.7 Å². The summed E-state index contributed by atoms with van der Waals surface area (Å²) in [6, 6.07) is 6.93. The molecule has 1 aromatic heterocycles. The zero-order chi connectivity index (χ0) is 13.3. The maximum absolute atomic E-state index is 10.4. The van der Waals surface area contributed by atoms with Crippen molar-refractivity contribution in [3.8, 4) is 0 Å². The van der Waals surface area contributed by atoms with Crippen molar-refractivity contribution < 1.29 is 5.11 Å². The van der Waals surface area contributed by atoms with Gasteiger partial charge < -0.3 is 5.11 Å². The normalized spacial score (nSPS) is 12.7. The Bertz CT molecular complexity index is 566. The Morgan fingerprint density at radius 2 is 2.06 bits per heavy atom. The quantitative estimate of drug-likeness (QED) is 0.939. The summed E-state index contributed by atoms with van der Waals surface area (Å²) in [5, 5.41) is 15.7. The first-order valence-electron chi connectivity index (χ1n) is 5.68. The highest BCUT2D eigenvalue weighted by atomic mass is 35.5. The lowest BCUT2D eigenvalue weighted by molar-refractivity contribution is 0.210. The smallest absolute Gasteiger partial charge is 0.122 e. The van der Waals surface area contributed by atoms with E-state index in [9.17, 15) is 5.11 Å². The molecule has 96 valence electrons. The number of benzene rings is 1. The fourth-order valence-corrected chi connectivity index (χ4v) is 2.26. The van der Waals surface area contributed by atoms with E-state index >= 15 is 0 Å². The molecule has 0 bridgehead atoms. The second-order valence-electron chi connectivity index (χ2n) is 4.11. The molecule has 1 atom stereocenters. The van der Waals surface area contributed by atoms with Crippen molar-refractivity contribution in [1.29, 1.82) is 0 Å². The fraction of sp³-hybridized carbons (Fsp3) is 0.308. The zero-order valence-electron chi connectivity index (χ0n) is 10.2. The van der Waals surface area contributed by atoms with Gasteiger partial charge in [-0.2, -0.15) is 5.10 Å². The highest BCUT2D eigenvalue weighted by Gasteiger charge is 2.18. The van der Waals surface area contributed by atoms with Crippen LogP contribution in [0.3, 0.4) is 0 Å². The van der Waals surface area contributed by atoms with Crippen molar-refractivity contribution in [2.45, 2.75) is 19.4 Å². The number of hydrogen-bond acceptors (Lipinski definition) is 2. The standard InChI is InChI=1S/C13H14Cl2N2O/c1-3-9-7-12(17(2)16-9)13(18)10-6-8(14)4-5-11(10)15/h4-7,13,18H,3H2,1-2H3. The number of aromatic nitrogens is 2. The molecule has 1 N–H and O–H groups in total. The molecule has 0 aliphatic heterocycles. The first kappa shape index (κ1) is 13.4. The number of aliphatic hydroxyl groups excluding tert-OH is 1. The van der Waals surface area contributed by atoms with Gasteiger partial charge >= 0.3 is 0 Å². The van der Waals surface area contributed by atoms with Crippen molar-refractivity contribution >= 4 is 23.2 Å². The van der Waals surface area contributed by atoms with Gasteiger partial charge in [0.25, 0.3) is 0 Å². The molecule has 0 aliphatic rings. The van der Waals surface area contributed by atoms with Gasteiger partial charge in [-0.1, -0.05) is 30.1 Å². The van der Waals surface area contributed by atoms with Gasteiger partial charge in [-0.3, -0.25) is 4.68 Å². The van der Waals surface area contributed by atoms with Crippen molar-refractivity contribution in [2.24, 2.45) is 7.05 Å². The van der Waals surface area contributed by atoms with Gasteiger partial charge in [-0.25, -0.2) is 0 Å². The second kappa shape index (κ2) is 5.31. The fourth-order valence-electron chi connectivity index (χ4n) is 1.86. The van der Waals surface area contributed by atoms with E-state index in [4.69, 9.17) is 23.2 Å². The number of aliphatic hydroxyl groups is 1. The van der Waals surface area contributed by atoms with E-state index in [1.165, 1.54) is 0 Å². The van der Waals surface area contributed by atoms with E-state index in [1.54, 1.807) is 29.9 Å². The lowest BCUT2D eigenvalue weighted by Crippen LogP contribution is -2.07. The number of halogens is 2. The summed E-state index contributed by atoms with van der Waals surface area (Å²) < 4.78 is 1.67. The molecule has 5 heteroatoms. The van der Waals surface area contributed by atoms with Crippen molar-refractivity contribution in [3.63, 3.8) is 0 Å². The summed E-state index contributed by atoms with van der Waals surface area (Å²) in [4.78, 5) is 0. The monoisotopic (exact) mass is 284 g/mol. The molecular weight excluding hydrogens is 271 g/mol. The zero-order valence-corrected chi connectivity index (χ0v) is 11.7. The molecule has 0 saturated carbocycles. The summed E-state index contributed by atoms with van der Waals surface area (Å²) in [6.07, 6.45) is -0.00175. The molecule has 1 aromatic carbocycles. The minimum absolute atomic E-state index is 0.492. The molecule has 0 aliphatic carbocycles. The van der Waals surface area contributed by atoms with E-state index in [0.717, 1.165) is 12.1 Å². The molecule has 1 heterocycles. The van der Waals surface area contributed by atoms with Crippen LogP contribution >= 0.6 is 23.2 Å². The Labute approximate surface area is 116 Å². The largest absolute Gasteiger partial charge is 0.382 e. The van der Waals surface area contributed by atoms with Crippen LogP contribution in [0.15, 0.2) is 24.3 Å². The Morgan fingerprint density at radius 3 is 2.67 bits per heavy atom. The first-order valence-corrected chi connectivity index (χ1v) is 6.44. The van der Waals surface area contributed by atoms with Crippen molar-refractivity contribution in [2.75, 3.05) is 0 Å². The third-order valence-corrected chi connectivity index (χ3v) is 3.44. The maximum Gasteiger partial charge on any atom is 0.122 e. The third kappa shape index (κ3) is 2.53. The lowest BCUT2D eigenvalue weighted by Gasteiger charge is -2.13. The molecule has 1 unspecified atom stereocenters. The van der Waals surface area contributed by atoms with Gasteiger partial charge in [0.15, 0.2) is 0 Å². The van der Waals surface area contributed by atoms with Crippen LogP contribution in [0.2, 0.25) is 10.0 Å². The van der Waals surface area contributed by atoms with Crippen LogP contribution in [0.5, 0.6) is 0 Å². The topological polar surface area (TPSA) is 38.0 Å². The van der Waals surface area contributed by atoms with E-state index < -0.39 is 6.10 Å². The van der Waals surface area contributed by atoms with Crippen LogP contribution < -0.4 is 0 Å². The molecule has 0 spiro atoms. The maximum atomic E-state index is 10.4. The predicted molar refractivity (Wildman–Crippen MR) is 73.1 cm³/mol. The van der Waals surface area contributed by atoms with Crippen LogP contribution in [0, 0.1) is 0 Å². The van der Waals surface area contributed by atoms with Gasteiger partial charge in [-0.05, 0) is 30.7 Å². The Kier molecular flexibility index (Phi) is 3.95. The number of rotatable bonds is 3. The Balaban J connectivity index is 2.43. The molecule has 0 amide bonds. The van der Waals surface area contributed by atoms with Gasteiger partial charge in [-0.15, -0.1) is 0 Å². The summed E-state index contributed by atoms with van der Waals surface area (Å²) in [5.74, 6) is 0. The Hall–Kier alpha value is -1.03. The molecule has 0 fully saturated rings. The van der Waals surface area contributed by atoms with Gasteiger partial charge in [0.05, 0.1) is 11.4 Å².